The molecule has 0 amide bonds. The normalized spacial score (nSPS) is 12.2. The summed E-state index contributed by atoms with van der Waals surface area (Å²) in [5.74, 6) is -0.0949. The summed E-state index contributed by atoms with van der Waals surface area (Å²) in [7, 11) is 0. The number of thiazole rings is 1. The van der Waals surface area contributed by atoms with E-state index in [1.807, 2.05) is 0 Å². The molecule has 1 heterocycles. The summed E-state index contributed by atoms with van der Waals surface area (Å²) in [6, 6.07) is 0. The number of aromatic nitrogens is 1. The predicted octanol–water partition coefficient (Wildman–Crippen LogP) is -1.82. The van der Waals surface area contributed by atoms with Gasteiger partial charge in [-0.25, -0.2) is 4.98 Å². The van der Waals surface area contributed by atoms with Crippen molar-refractivity contribution < 1.29 is 38.3 Å². The van der Waals surface area contributed by atoms with Crippen LogP contribution in [0.25, 0.3) is 0 Å². The summed E-state index contributed by atoms with van der Waals surface area (Å²) in [6.07, 6.45) is 0. The molecule has 1 rings (SSSR count). The van der Waals surface area contributed by atoms with Gasteiger partial charge < -0.3 is 4.55 Å². The molecule has 7 heteroatoms. The van der Waals surface area contributed by atoms with Crippen molar-refractivity contribution in [2.75, 3.05) is 0 Å². The van der Waals surface area contributed by atoms with Gasteiger partial charge in [0, 0.05) is 0 Å². The number of rotatable bonds is 2. The molecule has 0 fully saturated rings. The van der Waals surface area contributed by atoms with Crippen molar-refractivity contribution in [2.45, 2.75) is 5.75 Å². The first-order chi connectivity index (χ1) is 4.70. The second-order valence-electron chi connectivity index (χ2n) is 1.52. The Labute approximate surface area is 97.8 Å². The maximum Gasteiger partial charge on any atom is 1.00 e. The fourth-order valence-corrected chi connectivity index (χ4v) is 1.84. The Morgan fingerprint density at radius 3 is 2.82 bits per heavy atom. The van der Waals surface area contributed by atoms with E-state index in [2.05, 4.69) is 4.98 Å². The van der Waals surface area contributed by atoms with Crippen LogP contribution in [0.4, 0.5) is 0 Å². The molecule has 0 saturated carbocycles. The van der Waals surface area contributed by atoms with Crippen molar-refractivity contribution in [1.29, 1.82) is 0 Å². The number of halogens is 1. The Hall–Kier alpha value is 1.03. The fourth-order valence-electron chi connectivity index (χ4n) is 0.461. The molecule has 0 aromatic carbocycles. The molecule has 1 unspecified atom stereocenters. The molecule has 11 heavy (non-hydrogen) atoms. The van der Waals surface area contributed by atoms with E-state index in [9.17, 15) is 8.76 Å². The third-order valence-electron chi connectivity index (χ3n) is 0.846. The fraction of sp³-hybridized carbons (Fsp3) is 0.250. The summed E-state index contributed by atoms with van der Waals surface area (Å²) in [5.41, 5.74) is 1.95. The van der Waals surface area contributed by atoms with Crippen molar-refractivity contribution >= 4 is 34.0 Å². The van der Waals surface area contributed by atoms with E-state index in [4.69, 9.17) is 11.6 Å². The minimum Gasteiger partial charge on any atom is -0.772 e. The zero-order valence-corrected chi connectivity index (χ0v) is 10.1. The molecule has 0 N–H and O–H groups in total. The van der Waals surface area contributed by atoms with Crippen LogP contribution < -0.4 is 29.6 Å². The maximum atomic E-state index is 10.1. The van der Waals surface area contributed by atoms with Gasteiger partial charge in [0.15, 0.2) is 0 Å². The first-order valence-electron chi connectivity index (χ1n) is 2.34. The summed E-state index contributed by atoms with van der Waals surface area (Å²) in [6.45, 7) is 0. The molecular formula is C4H3ClNNaO2S2. The van der Waals surface area contributed by atoms with Crippen molar-refractivity contribution in [1.82, 2.24) is 4.98 Å². The molecule has 0 spiro atoms. The Bertz CT molecular complexity index is 254. The first-order valence-corrected chi connectivity index (χ1v) is 4.84. The minimum absolute atomic E-state index is 0. The molecular weight excluding hydrogens is 217 g/mol. The Balaban J connectivity index is 0.000001000. The SMILES string of the molecule is O=S([O-])Cc1ncsc1Cl.[Na+]. The molecule has 0 aliphatic rings. The van der Waals surface area contributed by atoms with Gasteiger partial charge in [0.05, 0.1) is 17.0 Å². The largest absolute Gasteiger partial charge is 1.00 e. The molecule has 1 aromatic heterocycles. The van der Waals surface area contributed by atoms with Gasteiger partial charge in [-0.1, -0.05) is 11.6 Å². The Morgan fingerprint density at radius 1 is 1.82 bits per heavy atom. The van der Waals surface area contributed by atoms with Gasteiger partial charge >= 0.3 is 29.6 Å². The van der Waals surface area contributed by atoms with Crippen molar-refractivity contribution in [3.63, 3.8) is 0 Å². The number of nitrogens with zero attached hydrogens (tertiary/aromatic N) is 1. The average Bonchev–Trinajstić information content (AvgIpc) is 2.15. The van der Waals surface area contributed by atoms with Gasteiger partial charge in [0.25, 0.3) is 0 Å². The van der Waals surface area contributed by atoms with E-state index in [-0.39, 0.29) is 35.3 Å². The van der Waals surface area contributed by atoms with Crippen LogP contribution >= 0.6 is 22.9 Å². The molecule has 56 valence electrons. The quantitative estimate of drug-likeness (QED) is 0.435. The molecule has 0 aliphatic carbocycles. The third kappa shape index (κ3) is 3.98. The summed E-state index contributed by atoms with van der Waals surface area (Å²) < 4.78 is 20.7. The Kier molecular flexibility index (Phi) is 6.17. The topological polar surface area (TPSA) is 53.0 Å². The van der Waals surface area contributed by atoms with Crippen LogP contribution in [0.15, 0.2) is 5.51 Å². The second-order valence-corrected chi connectivity index (χ2v) is 3.87. The first kappa shape index (κ1) is 12.0. The van der Waals surface area contributed by atoms with Crippen molar-refractivity contribution in [3.05, 3.63) is 15.5 Å². The van der Waals surface area contributed by atoms with Crippen LogP contribution in [0.5, 0.6) is 0 Å². The van der Waals surface area contributed by atoms with Gasteiger partial charge in [-0.15, -0.1) is 11.3 Å². The number of hydrogen-bond acceptors (Lipinski definition) is 4. The standard InChI is InChI=1S/C4H4ClNO2S2.Na/c5-4-3(1-10(7)8)6-2-9-4;/h2H,1H2,(H,7,8);/q;+1/p-1. The molecule has 0 saturated heterocycles. The molecule has 0 aliphatic heterocycles. The van der Waals surface area contributed by atoms with Crippen molar-refractivity contribution in [3.8, 4) is 0 Å². The summed E-state index contributed by atoms with van der Waals surface area (Å²) in [5, 5.41) is 0. The third-order valence-corrected chi connectivity index (χ3v) is 2.49. The maximum absolute atomic E-state index is 10.1. The van der Waals surface area contributed by atoms with E-state index < -0.39 is 11.1 Å². The zero-order chi connectivity index (χ0) is 7.56. The molecule has 1 atom stereocenters. The van der Waals surface area contributed by atoms with E-state index in [1.165, 1.54) is 16.8 Å². The summed E-state index contributed by atoms with van der Waals surface area (Å²) >= 11 is 4.70. The smallest absolute Gasteiger partial charge is 0.772 e. The van der Waals surface area contributed by atoms with Gasteiger partial charge in [-0.2, -0.15) is 0 Å². The second kappa shape index (κ2) is 5.64. The molecule has 3 nitrogen and oxygen atoms in total. The van der Waals surface area contributed by atoms with Crippen LogP contribution in [-0.2, 0) is 16.8 Å². The van der Waals surface area contributed by atoms with E-state index in [1.54, 1.807) is 0 Å². The van der Waals surface area contributed by atoms with Crippen LogP contribution in [0.2, 0.25) is 4.34 Å². The van der Waals surface area contributed by atoms with Crippen LogP contribution in [-0.4, -0.2) is 13.7 Å². The van der Waals surface area contributed by atoms with Crippen LogP contribution in [0.3, 0.4) is 0 Å². The Morgan fingerprint density at radius 2 is 2.45 bits per heavy atom. The molecule has 1 aromatic rings. The predicted molar refractivity (Wildman–Crippen MR) is 39.7 cm³/mol. The van der Waals surface area contributed by atoms with Gasteiger partial charge in [0.1, 0.15) is 4.34 Å². The number of hydrogen-bond donors (Lipinski definition) is 0. The van der Waals surface area contributed by atoms with Gasteiger partial charge in [-0.05, 0) is 11.1 Å². The van der Waals surface area contributed by atoms with E-state index >= 15 is 0 Å². The van der Waals surface area contributed by atoms with Gasteiger partial charge in [-0.3, -0.25) is 4.21 Å². The van der Waals surface area contributed by atoms with Crippen molar-refractivity contribution in [2.24, 2.45) is 0 Å². The zero-order valence-electron chi connectivity index (χ0n) is 5.74. The summed E-state index contributed by atoms with van der Waals surface area (Å²) in [4.78, 5) is 3.75. The molecule has 0 bridgehead atoms. The van der Waals surface area contributed by atoms with E-state index in [0.29, 0.717) is 10.0 Å². The van der Waals surface area contributed by atoms with Crippen LogP contribution in [0.1, 0.15) is 5.69 Å². The minimum atomic E-state index is -2.10. The monoisotopic (exact) mass is 219 g/mol. The van der Waals surface area contributed by atoms with Gasteiger partial charge in [0.2, 0.25) is 0 Å². The van der Waals surface area contributed by atoms with E-state index in [0.717, 1.165) is 0 Å². The average molecular weight is 220 g/mol. The molecule has 0 radical (unpaired) electrons. The van der Waals surface area contributed by atoms with Crippen LogP contribution in [0, 0.1) is 0 Å².